The van der Waals surface area contributed by atoms with Gasteiger partial charge in [-0.05, 0) is 43.5 Å². The molecule has 0 aliphatic heterocycles. The number of nitrogens with zero attached hydrogens (tertiary/aromatic N) is 3. The fourth-order valence-electron chi connectivity index (χ4n) is 2.29. The third kappa shape index (κ3) is 4.21. The summed E-state index contributed by atoms with van der Waals surface area (Å²) in [6, 6.07) is 7.60. The lowest BCUT2D eigenvalue weighted by atomic mass is 10.2. The molecule has 1 heterocycles. The predicted octanol–water partition coefficient (Wildman–Crippen LogP) is 2.17. The van der Waals surface area contributed by atoms with Gasteiger partial charge in [0.25, 0.3) is 0 Å². The van der Waals surface area contributed by atoms with Crippen molar-refractivity contribution in [2.24, 2.45) is 5.73 Å². The number of hydrogen-bond donors (Lipinski definition) is 1. The van der Waals surface area contributed by atoms with E-state index in [1.165, 1.54) is 0 Å². The molecule has 0 aliphatic rings. The number of benzene rings is 1. The Morgan fingerprint density at radius 2 is 1.91 bits per heavy atom. The van der Waals surface area contributed by atoms with Gasteiger partial charge in [0.2, 0.25) is 0 Å². The normalized spacial score (nSPS) is 10.7. The topological polar surface area (TPSA) is 75.2 Å². The van der Waals surface area contributed by atoms with E-state index >= 15 is 0 Å². The lowest BCUT2D eigenvalue weighted by molar-refractivity contribution is 0.308. The van der Waals surface area contributed by atoms with Crippen LogP contribution < -0.4 is 15.2 Å². The van der Waals surface area contributed by atoms with Gasteiger partial charge in [0.15, 0.2) is 0 Å². The molecule has 0 saturated carbocycles. The Kier molecular flexibility index (Phi) is 6.21. The van der Waals surface area contributed by atoms with Crippen LogP contribution >= 0.6 is 0 Å². The van der Waals surface area contributed by atoms with Crippen LogP contribution in [-0.2, 0) is 19.5 Å². The van der Waals surface area contributed by atoms with Crippen LogP contribution in [0.15, 0.2) is 24.3 Å². The minimum Gasteiger partial charge on any atom is -0.497 e. The molecule has 0 unspecified atom stereocenters. The summed E-state index contributed by atoms with van der Waals surface area (Å²) in [5.74, 6) is 1.68. The van der Waals surface area contributed by atoms with Gasteiger partial charge < -0.3 is 15.2 Å². The SMILES string of the molecule is CCCn1nnc(CN)c1CCCOc1ccc(OC)cc1. The third-order valence-electron chi connectivity index (χ3n) is 3.43. The van der Waals surface area contributed by atoms with E-state index in [4.69, 9.17) is 15.2 Å². The fraction of sp³-hybridized carbons (Fsp3) is 0.500. The van der Waals surface area contributed by atoms with Crippen LogP contribution in [-0.4, -0.2) is 28.7 Å². The molecule has 0 aliphatic carbocycles. The summed E-state index contributed by atoms with van der Waals surface area (Å²) < 4.78 is 12.8. The molecule has 1 aromatic heterocycles. The average Bonchev–Trinajstić information content (AvgIpc) is 2.94. The van der Waals surface area contributed by atoms with Crippen LogP contribution in [0.1, 0.15) is 31.2 Å². The van der Waals surface area contributed by atoms with Crippen molar-refractivity contribution >= 4 is 0 Å². The maximum atomic E-state index is 5.74. The summed E-state index contributed by atoms with van der Waals surface area (Å²) >= 11 is 0. The molecular weight excluding hydrogens is 280 g/mol. The standard InChI is InChI=1S/C16H24N4O2/c1-3-10-20-16(15(12-17)18-19-20)5-4-11-22-14-8-6-13(21-2)7-9-14/h6-9H,3-5,10-12,17H2,1-2H3. The van der Waals surface area contributed by atoms with E-state index in [0.717, 1.165) is 48.7 Å². The zero-order chi connectivity index (χ0) is 15.8. The molecule has 2 N–H and O–H groups in total. The van der Waals surface area contributed by atoms with Crippen molar-refractivity contribution in [2.75, 3.05) is 13.7 Å². The molecule has 0 amide bonds. The van der Waals surface area contributed by atoms with Crippen molar-refractivity contribution in [1.29, 1.82) is 0 Å². The summed E-state index contributed by atoms with van der Waals surface area (Å²) in [6.45, 7) is 4.08. The van der Waals surface area contributed by atoms with Crippen LogP contribution in [0.5, 0.6) is 11.5 Å². The van der Waals surface area contributed by atoms with Gasteiger partial charge in [-0.15, -0.1) is 5.10 Å². The van der Waals surface area contributed by atoms with Crippen LogP contribution in [0.25, 0.3) is 0 Å². The Balaban J connectivity index is 1.84. The quantitative estimate of drug-likeness (QED) is 0.719. The van der Waals surface area contributed by atoms with Gasteiger partial charge in [0, 0.05) is 13.1 Å². The second kappa shape index (κ2) is 8.38. The van der Waals surface area contributed by atoms with E-state index < -0.39 is 0 Å². The Labute approximate surface area is 131 Å². The van der Waals surface area contributed by atoms with Crippen molar-refractivity contribution in [3.05, 3.63) is 35.7 Å². The van der Waals surface area contributed by atoms with Crippen molar-refractivity contribution in [2.45, 2.75) is 39.3 Å². The number of hydrogen-bond acceptors (Lipinski definition) is 5. The second-order valence-electron chi connectivity index (χ2n) is 5.04. The molecule has 2 aromatic rings. The number of ether oxygens (including phenoxy) is 2. The fourth-order valence-corrected chi connectivity index (χ4v) is 2.29. The molecule has 0 bridgehead atoms. The van der Waals surface area contributed by atoms with E-state index in [1.54, 1.807) is 7.11 Å². The summed E-state index contributed by atoms with van der Waals surface area (Å²) in [5.41, 5.74) is 7.74. The van der Waals surface area contributed by atoms with E-state index in [9.17, 15) is 0 Å². The Bertz CT molecular complexity index is 566. The highest BCUT2D eigenvalue weighted by molar-refractivity contribution is 5.31. The molecule has 0 radical (unpaired) electrons. The molecule has 6 nitrogen and oxygen atoms in total. The highest BCUT2D eigenvalue weighted by atomic mass is 16.5. The number of rotatable bonds is 9. The smallest absolute Gasteiger partial charge is 0.119 e. The number of nitrogens with two attached hydrogens (primary N) is 1. The molecule has 0 fully saturated rings. The first kappa shape index (κ1) is 16.3. The van der Waals surface area contributed by atoms with Crippen LogP contribution in [0.4, 0.5) is 0 Å². The third-order valence-corrected chi connectivity index (χ3v) is 3.43. The van der Waals surface area contributed by atoms with Crippen LogP contribution in [0.3, 0.4) is 0 Å². The number of aromatic nitrogens is 3. The van der Waals surface area contributed by atoms with Gasteiger partial charge in [0.05, 0.1) is 25.1 Å². The maximum Gasteiger partial charge on any atom is 0.119 e. The lowest BCUT2D eigenvalue weighted by Crippen LogP contribution is -2.09. The van der Waals surface area contributed by atoms with Gasteiger partial charge in [0.1, 0.15) is 11.5 Å². The van der Waals surface area contributed by atoms with Crippen LogP contribution in [0.2, 0.25) is 0 Å². The Morgan fingerprint density at radius 3 is 2.55 bits per heavy atom. The van der Waals surface area contributed by atoms with Crippen LogP contribution in [0, 0.1) is 0 Å². The summed E-state index contributed by atoms with van der Waals surface area (Å²) in [4.78, 5) is 0. The second-order valence-corrected chi connectivity index (χ2v) is 5.04. The predicted molar refractivity (Wildman–Crippen MR) is 85.0 cm³/mol. The van der Waals surface area contributed by atoms with Crippen molar-refractivity contribution in [1.82, 2.24) is 15.0 Å². The first-order valence-corrected chi connectivity index (χ1v) is 7.66. The Hall–Kier alpha value is -2.08. The highest BCUT2D eigenvalue weighted by Gasteiger charge is 2.10. The summed E-state index contributed by atoms with van der Waals surface area (Å²) in [5, 5.41) is 8.31. The lowest BCUT2D eigenvalue weighted by Gasteiger charge is -2.09. The van der Waals surface area contributed by atoms with Crippen molar-refractivity contribution < 1.29 is 9.47 Å². The molecule has 2 rings (SSSR count). The first-order valence-electron chi connectivity index (χ1n) is 7.66. The first-order chi connectivity index (χ1) is 10.8. The molecule has 6 heteroatoms. The van der Waals surface area contributed by atoms with Gasteiger partial charge >= 0.3 is 0 Å². The maximum absolute atomic E-state index is 5.74. The monoisotopic (exact) mass is 304 g/mol. The molecular formula is C16H24N4O2. The van der Waals surface area contributed by atoms with Crippen molar-refractivity contribution in [3.8, 4) is 11.5 Å². The minimum absolute atomic E-state index is 0.429. The van der Waals surface area contributed by atoms with Gasteiger partial charge in [-0.3, -0.25) is 0 Å². The van der Waals surface area contributed by atoms with Gasteiger partial charge in [-0.2, -0.15) is 0 Å². The average molecular weight is 304 g/mol. The number of aryl methyl sites for hydroxylation is 1. The van der Waals surface area contributed by atoms with E-state index in [1.807, 2.05) is 28.9 Å². The molecule has 0 atom stereocenters. The zero-order valence-corrected chi connectivity index (χ0v) is 13.3. The highest BCUT2D eigenvalue weighted by Crippen LogP contribution is 2.17. The van der Waals surface area contributed by atoms with E-state index in [0.29, 0.717) is 13.2 Å². The van der Waals surface area contributed by atoms with Gasteiger partial charge in [-0.25, -0.2) is 4.68 Å². The molecule has 22 heavy (non-hydrogen) atoms. The molecule has 0 saturated heterocycles. The van der Waals surface area contributed by atoms with E-state index in [-0.39, 0.29) is 0 Å². The Morgan fingerprint density at radius 1 is 1.18 bits per heavy atom. The van der Waals surface area contributed by atoms with Crippen molar-refractivity contribution in [3.63, 3.8) is 0 Å². The molecule has 120 valence electrons. The zero-order valence-electron chi connectivity index (χ0n) is 13.3. The van der Waals surface area contributed by atoms with E-state index in [2.05, 4.69) is 17.2 Å². The summed E-state index contributed by atoms with van der Waals surface area (Å²) in [6.07, 6.45) is 2.80. The molecule has 1 aromatic carbocycles. The number of methoxy groups -OCH3 is 1. The van der Waals surface area contributed by atoms with Gasteiger partial charge in [-0.1, -0.05) is 12.1 Å². The largest absolute Gasteiger partial charge is 0.497 e. The summed E-state index contributed by atoms with van der Waals surface area (Å²) in [7, 11) is 1.65. The molecule has 0 spiro atoms. The minimum atomic E-state index is 0.429.